The average Bonchev–Trinajstić information content (AvgIpc) is 2.26. The summed E-state index contributed by atoms with van der Waals surface area (Å²) < 4.78 is 10.1. The molecule has 0 aromatic heterocycles. The molecular formula is C14H27NO4. The van der Waals surface area contributed by atoms with E-state index in [1.54, 1.807) is 18.9 Å². The number of nitrogens with zero attached hydrogens (tertiary/aromatic N) is 1. The molecule has 0 saturated heterocycles. The van der Waals surface area contributed by atoms with Crippen LogP contribution in [-0.2, 0) is 14.3 Å². The van der Waals surface area contributed by atoms with Gasteiger partial charge in [-0.1, -0.05) is 6.42 Å². The molecule has 0 rings (SSSR count). The molecular weight excluding hydrogens is 246 g/mol. The maximum atomic E-state index is 11.6. The van der Waals surface area contributed by atoms with Crippen molar-refractivity contribution >= 4 is 12.1 Å². The summed E-state index contributed by atoms with van der Waals surface area (Å²) in [6.45, 7) is 8.40. The fraction of sp³-hybridized carbons (Fsp3) is 0.857. The molecule has 5 nitrogen and oxygen atoms in total. The lowest BCUT2D eigenvalue weighted by Gasteiger charge is -2.24. The minimum atomic E-state index is -0.463. The summed E-state index contributed by atoms with van der Waals surface area (Å²) in [6.07, 6.45) is 2.68. The minimum absolute atomic E-state index is 0.150. The molecule has 0 aromatic carbocycles. The Morgan fingerprint density at radius 2 is 1.74 bits per heavy atom. The maximum Gasteiger partial charge on any atom is 0.410 e. The number of rotatable bonds is 7. The summed E-state index contributed by atoms with van der Waals surface area (Å²) in [4.78, 5) is 24.3. The number of esters is 1. The van der Waals surface area contributed by atoms with Gasteiger partial charge in [-0.15, -0.1) is 0 Å². The van der Waals surface area contributed by atoms with Gasteiger partial charge in [-0.2, -0.15) is 0 Å². The molecule has 0 bridgehead atoms. The van der Waals surface area contributed by atoms with E-state index in [1.165, 1.54) is 0 Å². The van der Waals surface area contributed by atoms with E-state index >= 15 is 0 Å². The number of hydrogen-bond acceptors (Lipinski definition) is 4. The van der Waals surface area contributed by atoms with Gasteiger partial charge >= 0.3 is 12.1 Å². The molecule has 0 aliphatic carbocycles. The van der Waals surface area contributed by atoms with Gasteiger partial charge in [0.05, 0.1) is 6.61 Å². The van der Waals surface area contributed by atoms with Crippen LogP contribution in [0.1, 0.15) is 53.4 Å². The molecule has 5 heteroatoms. The third-order valence-electron chi connectivity index (χ3n) is 2.38. The Bertz CT molecular complexity index is 284. The highest BCUT2D eigenvalue weighted by atomic mass is 16.6. The molecule has 0 spiro atoms. The number of unbranched alkanes of at least 4 members (excludes halogenated alkanes) is 2. The third kappa shape index (κ3) is 10.4. The van der Waals surface area contributed by atoms with Gasteiger partial charge in [0.15, 0.2) is 0 Å². The Morgan fingerprint density at radius 3 is 2.26 bits per heavy atom. The van der Waals surface area contributed by atoms with Crippen molar-refractivity contribution < 1.29 is 19.1 Å². The number of carbonyl (C=O) groups excluding carboxylic acids is 2. The molecule has 0 fully saturated rings. The Labute approximate surface area is 116 Å². The van der Waals surface area contributed by atoms with Crippen LogP contribution in [0.4, 0.5) is 4.79 Å². The molecule has 0 N–H and O–H groups in total. The molecule has 1 amide bonds. The Morgan fingerprint density at radius 1 is 1.11 bits per heavy atom. The molecule has 19 heavy (non-hydrogen) atoms. The van der Waals surface area contributed by atoms with Gasteiger partial charge in [-0.05, 0) is 40.5 Å². The predicted molar refractivity (Wildman–Crippen MR) is 74.0 cm³/mol. The van der Waals surface area contributed by atoms with Crippen molar-refractivity contribution in [1.29, 1.82) is 0 Å². The van der Waals surface area contributed by atoms with Gasteiger partial charge in [0.25, 0.3) is 0 Å². The lowest BCUT2D eigenvalue weighted by Crippen LogP contribution is -2.34. The van der Waals surface area contributed by atoms with Crippen LogP contribution in [0.3, 0.4) is 0 Å². The lowest BCUT2D eigenvalue weighted by atomic mass is 10.2. The standard InChI is InChI=1S/C14H27NO4/c1-6-18-12(16)10-8-7-9-11-15(5)13(17)19-14(2,3)4/h6-11H2,1-5H3. The molecule has 0 heterocycles. The SMILES string of the molecule is CCOC(=O)CCCCCN(C)C(=O)OC(C)(C)C. The second-order valence-electron chi connectivity index (χ2n) is 5.52. The summed E-state index contributed by atoms with van der Waals surface area (Å²) in [7, 11) is 1.72. The normalized spacial score (nSPS) is 11.0. The summed E-state index contributed by atoms with van der Waals surface area (Å²) in [6, 6.07) is 0. The van der Waals surface area contributed by atoms with Gasteiger partial charge in [0, 0.05) is 20.0 Å². The van der Waals surface area contributed by atoms with Crippen molar-refractivity contribution in [3.8, 4) is 0 Å². The second kappa shape index (κ2) is 8.77. The molecule has 0 aliphatic rings. The van der Waals surface area contributed by atoms with Gasteiger partial charge in [0.1, 0.15) is 5.60 Å². The maximum absolute atomic E-state index is 11.6. The molecule has 0 aromatic rings. The first-order chi connectivity index (χ1) is 8.76. The highest BCUT2D eigenvalue weighted by molar-refractivity contribution is 5.69. The van der Waals surface area contributed by atoms with Crippen molar-refractivity contribution in [1.82, 2.24) is 4.90 Å². The Kier molecular flexibility index (Phi) is 8.19. The van der Waals surface area contributed by atoms with Crippen LogP contribution in [0.5, 0.6) is 0 Å². The monoisotopic (exact) mass is 273 g/mol. The topological polar surface area (TPSA) is 55.8 Å². The highest BCUT2D eigenvalue weighted by Gasteiger charge is 2.18. The molecule has 0 saturated carbocycles. The summed E-state index contributed by atoms with van der Waals surface area (Å²) in [5.41, 5.74) is -0.463. The van der Waals surface area contributed by atoms with Crippen LogP contribution in [0, 0.1) is 0 Å². The van der Waals surface area contributed by atoms with Crippen LogP contribution >= 0.6 is 0 Å². The third-order valence-corrected chi connectivity index (χ3v) is 2.38. The number of amides is 1. The summed E-state index contributed by atoms with van der Waals surface area (Å²) in [5.74, 6) is -0.150. The van der Waals surface area contributed by atoms with E-state index in [-0.39, 0.29) is 12.1 Å². The van der Waals surface area contributed by atoms with Gasteiger partial charge in [0.2, 0.25) is 0 Å². The van der Waals surface area contributed by atoms with E-state index in [2.05, 4.69) is 0 Å². The van der Waals surface area contributed by atoms with E-state index in [0.717, 1.165) is 19.3 Å². The van der Waals surface area contributed by atoms with Crippen molar-refractivity contribution in [3.63, 3.8) is 0 Å². The van der Waals surface area contributed by atoms with E-state index in [1.807, 2.05) is 20.8 Å². The highest BCUT2D eigenvalue weighted by Crippen LogP contribution is 2.10. The van der Waals surface area contributed by atoms with Gasteiger partial charge < -0.3 is 14.4 Å². The van der Waals surface area contributed by atoms with Crippen LogP contribution in [0.2, 0.25) is 0 Å². The Hall–Kier alpha value is -1.26. The van der Waals surface area contributed by atoms with E-state index < -0.39 is 5.60 Å². The fourth-order valence-electron chi connectivity index (χ4n) is 1.46. The van der Waals surface area contributed by atoms with Crippen LogP contribution in [-0.4, -0.2) is 42.8 Å². The minimum Gasteiger partial charge on any atom is -0.466 e. The first-order valence-corrected chi connectivity index (χ1v) is 6.86. The van der Waals surface area contributed by atoms with Crippen molar-refractivity contribution in [3.05, 3.63) is 0 Å². The van der Waals surface area contributed by atoms with Crippen LogP contribution in [0.15, 0.2) is 0 Å². The molecule has 0 unspecified atom stereocenters. The van der Waals surface area contributed by atoms with Gasteiger partial charge in [-0.25, -0.2) is 4.79 Å². The quantitative estimate of drug-likeness (QED) is 0.528. The van der Waals surface area contributed by atoms with Crippen molar-refractivity contribution in [2.24, 2.45) is 0 Å². The van der Waals surface area contributed by atoms with Crippen molar-refractivity contribution in [2.75, 3.05) is 20.2 Å². The molecule has 112 valence electrons. The first-order valence-electron chi connectivity index (χ1n) is 6.86. The van der Waals surface area contributed by atoms with E-state index in [4.69, 9.17) is 9.47 Å². The average molecular weight is 273 g/mol. The first kappa shape index (κ1) is 17.7. The summed E-state index contributed by atoms with van der Waals surface area (Å²) >= 11 is 0. The zero-order valence-corrected chi connectivity index (χ0v) is 12.8. The zero-order chi connectivity index (χ0) is 14.9. The van der Waals surface area contributed by atoms with E-state index in [9.17, 15) is 9.59 Å². The smallest absolute Gasteiger partial charge is 0.410 e. The zero-order valence-electron chi connectivity index (χ0n) is 12.8. The second-order valence-corrected chi connectivity index (χ2v) is 5.52. The van der Waals surface area contributed by atoms with Crippen LogP contribution in [0.25, 0.3) is 0 Å². The molecule has 0 radical (unpaired) electrons. The number of hydrogen-bond donors (Lipinski definition) is 0. The number of ether oxygens (including phenoxy) is 2. The summed E-state index contributed by atoms with van der Waals surface area (Å²) in [5, 5.41) is 0. The number of carbonyl (C=O) groups is 2. The predicted octanol–water partition coefficient (Wildman–Crippen LogP) is 2.98. The molecule has 0 atom stereocenters. The van der Waals surface area contributed by atoms with Crippen molar-refractivity contribution in [2.45, 2.75) is 59.0 Å². The largest absolute Gasteiger partial charge is 0.466 e. The molecule has 0 aliphatic heterocycles. The van der Waals surface area contributed by atoms with Gasteiger partial charge in [-0.3, -0.25) is 4.79 Å². The lowest BCUT2D eigenvalue weighted by molar-refractivity contribution is -0.143. The van der Waals surface area contributed by atoms with E-state index in [0.29, 0.717) is 19.6 Å². The Balaban J connectivity index is 3.66. The fourth-order valence-corrected chi connectivity index (χ4v) is 1.46. The van der Waals surface area contributed by atoms with Crippen LogP contribution < -0.4 is 0 Å².